The largest absolute Gasteiger partial charge is 0.444 e. The number of cyclic esters (lactones) is 1. The SMILES string of the molecule is CC[C@H]1CN(c2cnc3c(n2)NC(=O)CS3)C(=O)O1. The monoisotopic (exact) mass is 280 g/mol. The Morgan fingerprint density at radius 1 is 1.58 bits per heavy atom. The molecular weight excluding hydrogens is 268 g/mol. The van der Waals surface area contributed by atoms with E-state index < -0.39 is 6.09 Å². The van der Waals surface area contributed by atoms with Gasteiger partial charge in [-0.15, -0.1) is 0 Å². The third kappa shape index (κ3) is 2.23. The van der Waals surface area contributed by atoms with E-state index in [2.05, 4.69) is 15.3 Å². The van der Waals surface area contributed by atoms with Crippen molar-refractivity contribution in [3.05, 3.63) is 6.20 Å². The highest BCUT2D eigenvalue weighted by molar-refractivity contribution is 8.00. The molecule has 100 valence electrons. The van der Waals surface area contributed by atoms with E-state index in [0.29, 0.717) is 29.0 Å². The molecule has 0 bridgehead atoms. The molecule has 0 spiro atoms. The lowest BCUT2D eigenvalue weighted by atomic mass is 10.3. The second-order valence-electron chi connectivity index (χ2n) is 4.24. The molecule has 1 aromatic rings. The van der Waals surface area contributed by atoms with Crippen molar-refractivity contribution in [1.29, 1.82) is 0 Å². The average Bonchev–Trinajstić information content (AvgIpc) is 2.79. The van der Waals surface area contributed by atoms with E-state index in [-0.39, 0.29) is 12.0 Å². The minimum absolute atomic E-state index is 0.112. The van der Waals surface area contributed by atoms with Crippen LogP contribution in [0.25, 0.3) is 0 Å². The molecule has 2 amide bonds. The number of amides is 2. The van der Waals surface area contributed by atoms with Crippen LogP contribution in [-0.4, -0.2) is 40.4 Å². The highest BCUT2D eigenvalue weighted by Crippen LogP contribution is 2.30. The fraction of sp³-hybridized carbons (Fsp3) is 0.455. The number of nitrogens with one attached hydrogen (secondary N) is 1. The van der Waals surface area contributed by atoms with Crippen LogP contribution in [0, 0.1) is 0 Å². The van der Waals surface area contributed by atoms with Gasteiger partial charge in [0, 0.05) is 0 Å². The number of ether oxygens (including phenoxy) is 1. The molecule has 8 heteroatoms. The van der Waals surface area contributed by atoms with Crippen molar-refractivity contribution in [3.63, 3.8) is 0 Å². The number of carbonyl (C=O) groups is 2. The fourth-order valence-corrected chi connectivity index (χ4v) is 2.61. The topological polar surface area (TPSA) is 84.4 Å². The van der Waals surface area contributed by atoms with Crippen molar-refractivity contribution in [2.75, 3.05) is 22.5 Å². The number of thioether (sulfide) groups is 1. The zero-order valence-electron chi connectivity index (χ0n) is 10.3. The fourth-order valence-electron chi connectivity index (χ4n) is 1.91. The zero-order chi connectivity index (χ0) is 13.4. The van der Waals surface area contributed by atoms with E-state index in [4.69, 9.17) is 4.74 Å². The van der Waals surface area contributed by atoms with E-state index in [1.807, 2.05) is 6.92 Å². The molecule has 1 atom stereocenters. The first-order chi connectivity index (χ1) is 9.17. The maximum Gasteiger partial charge on any atom is 0.415 e. The van der Waals surface area contributed by atoms with Crippen molar-refractivity contribution >= 4 is 35.4 Å². The molecule has 3 heterocycles. The summed E-state index contributed by atoms with van der Waals surface area (Å²) >= 11 is 1.33. The van der Waals surface area contributed by atoms with Crippen LogP contribution in [0.3, 0.4) is 0 Å². The summed E-state index contributed by atoms with van der Waals surface area (Å²) in [6.45, 7) is 2.42. The molecule has 1 aromatic heterocycles. The minimum Gasteiger partial charge on any atom is -0.444 e. The van der Waals surface area contributed by atoms with Crippen molar-refractivity contribution in [3.8, 4) is 0 Å². The second kappa shape index (κ2) is 4.69. The first kappa shape index (κ1) is 12.2. The predicted octanol–water partition coefficient (Wildman–Crippen LogP) is 1.26. The van der Waals surface area contributed by atoms with Gasteiger partial charge in [0.25, 0.3) is 0 Å². The number of fused-ring (bicyclic) bond motifs is 1. The van der Waals surface area contributed by atoms with Crippen LogP contribution in [-0.2, 0) is 9.53 Å². The van der Waals surface area contributed by atoms with Crippen molar-refractivity contribution < 1.29 is 14.3 Å². The van der Waals surface area contributed by atoms with Crippen LogP contribution < -0.4 is 10.2 Å². The number of nitrogens with zero attached hydrogens (tertiary/aromatic N) is 3. The van der Waals surface area contributed by atoms with Gasteiger partial charge in [-0.3, -0.25) is 9.69 Å². The van der Waals surface area contributed by atoms with Gasteiger partial charge in [0.2, 0.25) is 5.91 Å². The number of hydrogen-bond acceptors (Lipinski definition) is 6. The van der Waals surface area contributed by atoms with Crippen LogP contribution in [0.1, 0.15) is 13.3 Å². The van der Waals surface area contributed by atoms with Gasteiger partial charge in [0.05, 0.1) is 18.5 Å². The molecule has 0 unspecified atom stereocenters. The second-order valence-corrected chi connectivity index (χ2v) is 5.21. The molecule has 1 fully saturated rings. The Labute approximate surface area is 113 Å². The maximum atomic E-state index is 11.7. The van der Waals surface area contributed by atoms with Gasteiger partial charge in [-0.25, -0.2) is 14.8 Å². The standard InChI is InChI=1S/C11H12N4O3S/c1-2-6-4-15(11(17)18-6)7-3-12-10-9(13-7)14-8(16)5-19-10/h3,6H,2,4-5H2,1H3,(H,13,14,16)/t6-/m0/s1. The van der Waals surface area contributed by atoms with Gasteiger partial charge in [-0.2, -0.15) is 0 Å². The molecular formula is C11H12N4O3S. The van der Waals surface area contributed by atoms with Gasteiger partial charge in [0.1, 0.15) is 11.1 Å². The number of anilines is 2. The summed E-state index contributed by atoms with van der Waals surface area (Å²) in [4.78, 5) is 33.0. The average molecular weight is 280 g/mol. The van der Waals surface area contributed by atoms with Crippen molar-refractivity contribution in [2.24, 2.45) is 0 Å². The Hall–Kier alpha value is -1.83. The van der Waals surface area contributed by atoms with Crippen LogP contribution in [0.4, 0.5) is 16.4 Å². The van der Waals surface area contributed by atoms with Crippen LogP contribution in [0.2, 0.25) is 0 Å². The van der Waals surface area contributed by atoms with Gasteiger partial charge < -0.3 is 10.1 Å². The third-order valence-electron chi connectivity index (χ3n) is 2.93. The molecule has 0 aliphatic carbocycles. The summed E-state index contributed by atoms with van der Waals surface area (Å²) in [6.07, 6.45) is 1.75. The van der Waals surface area contributed by atoms with Crippen LogP contribution >= 0.6 is 11.8 Å². The summed E-state index contributed by atoms with van der Waals surface area (Å²) in [5, 5.41) is 3.32. The molecule has 2 aliphatic rings. The quantitative estimate of drug-likeness (QED) is 0.877. The van der Waals surface area contributed by atoms with E-state index in [9.17, 15) is 9.59 Å². The van der Waals surface area contributed by atoms with Gasteiger partial charge in [-0.1, -0.05) is 18.7 Å². The molecule has 19 heavy (non-hydrogen) atoms. The summed E-state index contributed by atoms with van der Waals surface area (Å²) in [7, 11) is 0. The lowest BCUT2D eigenvalue weighted by molar-refractivity contribution is -0.113. The molecule has 7 nitrogen and oxygen atoms in total. The first-order valence-corrected chi connectivity index (χ1v) is 6.93. The van der Waals surface area contributed by atoms with Gasteiger partial charge in [0.15, 0.2) is 11.6 Å². The number of rotatable bonds is 2. The highest BCUT2D eigenvalue weighted by atomic mass is 32.2. The van der Waals surface area contributed by atoms with Crippen LogP contribution in [0.5, 0.6) is 0 Å². The Balaban J connectivity index is 1.88. The molecule has 1 saturated heterocycles. The first-order valence-electron chi connectivity index (χ1n) is 5.95. The van der Waals surface area contributed by atoms with Gasteiger partial charge in [-0.05, 0) is 6.42 Å². The minimum atomic E-state index is -0.420. The number of carbonyl (C=O) groups excluding carboxylic acids is 2. The Kier molecular flexibility index (Phi) is 3.02. The summed E-state index contributed by atoms with van der Waals surface area (Å²) in [5.74, 6) is 1.04. The zero-order valence-corrected chi connectivity index (χ0v) is 11.1. The van der Waals surface area contributed by atoms with E-state index >= 15 is 0 Å². The predicted molar refractivity (Wildman–Crippen MR) is 69.3 cm³/mol. The van der Waals surface area contributed by atoms with Gasteiger partial charge >= 0.3 is 6.09 Å². The highest BCUT2D eigenvalue weighted by Gasteiger charge is 2.33. The number of aromatic nitrogens is 2. The summed E-state index contributed by atoms with van der Waals surface area (Å²) in [6, 6.07) is 0. The van der Waals surface area contributed by atoms with Crippen molar-refractivity contribution in [2.45, 2.75) is 24.5 Å². The summed E-state index contributed by atoms with van der Waals surface area (Å²) in [5.41, 5.74) is 0. The van der Waals surface area contributed by atoms with Crippen molar-refractivity contribution in [1.82, 2.24) is 9.97 Å². The number of hydrogen-bond donors (Lipinski definition) is 1. The molecule has 3 rings (SSSR count). The summed E-state index contributed by atoms with van der Waals surface area (Å²) < 4.78 is 5.17. The smallest absolute Gasteiger partial charge is 0.415 e. The van der Waals surface area contributed by atoms with E-state index in [0.717, 1.165) is 6.42 Å². The normalized spacial score (nSPS) is 21.9. The van der Waals surface area contributed by atoms with E-state index in [1.165, 1.54) is 22.9 Å². The Morgan fingerprint density at radius 2 is 2.42 bits per heavy atom. The van der Waals surface area contributed by atoms with Crippen LogP contribution in [0.15, 0.2) is 11.2 Å². The molecule has 0 saturated carbocycles. The lowest BCUT2D eigenvalue weighted by Crippen LogP contribution is -2.27. The molecule has 1 N–H and O–H groups in total. The Bertz CT molecular complexity index is 551. The molecule has 0 aromatic carbocycles. The molecule has 2 aliphatic heterocycles. The third-order valence-corrected chi connectivity index (χ3v) is 3.91. The Morgan fingerprint density at radius 3 is 3.16 bits per heavy atom. The lowest BCUT2D eigenvalue weighted by Gasteiger charge is -2.17. The molecule has 0 radical (unpaired) electrons. The maximum absolute atomic E-state index is 11.7. The van der Waals surface area contributed by atoms with E-state index in [1.54, 1.807) is 0 Å².